The van der Waals surface area contributed by atoms with Crippen LogP contribution in [0.3, 0.4) is 0 Å². The van der Waals surface area contributed by atoms with Crippen molar-refractivity contribution < 1.29 is 4.74 Å². The van der Waals surface area contributed by atoms with E-state index in [4.69, 9.17) is 4.74 Å². The molecule has 94 valence electrons. The molecule has 1 nitrogen and oxygen atoms in total. The molecule has 2 rings (SSSR count). The highest BCUT2D eigenvalue weighted by molar-refractivity contribution is 5.18. The summed E-state index contributed by atoms with van der Waals surface area (Å²) in [6.07, 6.45) is 7.40. The van der Waals surface area contributed by atoms with E-state index in [9.17, 15) is 0 Å². The second-order valence-electron chi connectivity index (χ2n) is 5.41. The molecule has 1 saturated carbocycles. The van der Waals surface area contributed by atoms with Crippen LogP contribution in [0.2, 0.25) is 0 Å². The maximum atomic E-state index is 6.18. The molecule has 0 radical (unpaired) electrons. The van der Waals surface area contributed by atoms with Crippen molar-refractivity contribution in [1.82, 2.24) is 0 Å². The fraction of sp³-hybridized carbons (Fsp3) is 0.625. The quantitative estimate of drug-likeness (QED) is 0.729. The lowest BCUT2D eigenvalue weighted by atomic mass is 9.82. The Morgan fingerprint density at radius 1 is 1.00 bits per heavy atom. The van der Waals surface area contributed by atoms with E-state index < -0.39 is 0 Å². The van der Waals surface area contributed by atoms with Crippen molar-refractivity contribution in [1.29, 1.82) is 0 Å². The zero-order valence-electron chi connectivity index (χ0n) is 11.1. The van der Waals surface area contributed by atoms with E-state index in [-0.39, 0.29) is 0 Å². The topological polar surface area (TPSA) is 9.23 Å². The molecule has 1 fully saturated rings. The molecular weight excluding hydrogens is 208 g/mol. The number of benzene rings is 1. The van der Waals surface area contributed by atoms with E-state index in [1.165, 1.54) is 37.7 Å². The van der Waals surface area contributed by atoms with Gasteiger partial charge < -0.3 is 4.74 Å². The van der Waals surface area contributed by atoms with Crippen LogP contribution in [0.1, 0.15) is 57.6 Å². The monoisotopic (exact) mass is 232 g/mol. The highest BCUT2D eigenvalue weighted by Crippen LogP contribution is 2.37. The minimum atomic E-state index is 0.302. The molecule has 17 heavy (non-hydrogen) atoms. The van der Waals surface area contributed by atoms with Gasteiger partial charge in [-0.2, -0.15) is 0 Å². The summed E-state index contributed by atoms with van der Waals surface area (Å²) in [6.45, 7) is 4.28. The van der Waals surface area contributed by atoms with Crippen molar-refractivity contribution in [2.24, 2.45) is 5.92 Å². The molecule has 1 aliphatic rings. The third-order valence-electron chi connectivity index (χ3n) is 3.62. The van der Waals surface area contributed by atoms with Gasteiger partial charge in [0.15, 0.2) is 0 Å². The van der Waals surface area contributed by atoms with E-state index in [1.807, 2.05) is 0 Å². The third-order valence-corrected chi connectivity index (χ3v) is 3.62. The lowest BCUT2D eigenvalue weighted by Gasteiger charge is -2.32. The van der Waals surface area contributed by atoms with Crippen LogP contribution >= 0.6 is 0 Å². The Kier molecular flexibility index (Phi) is 4.61. The van der Waals surface area contributed by atoms with E-state index in [2.05, 4.69) is 44.2 Å². The largest absolute Gasteiger partial charge is 0.371 e. The zero-order valence-corrected chi connectivity index (χ0v) is 11.1. The molecule has 0 bridgehead atoms. The molecule has 0 saturated heterocycles. The maximum absolute atomic E-state index is 6.18. The van der Waals surface area contributed by atoms with Crippen molar-refractivity contribution in [3.8, 4) is 0 Å². The van der Waals surface area contributed by atoms with Gasteiger partial charge >= 0.3 is 0 Å². The molecule has 0 amide bonds. The summed E-state index contributed by atoms with van der Waals surface area (Å²) < 4.78 is 6.18. The Bertz CT molecular complexity index is 312. The Morgan fingerprint density at radius 3 is 2.24 bits per heavy atom. The molecule has 1 heteroatoms. The molecule has 1 aliphatic carbocycles. The molecule has 0 N–H and O–H groups in total. The second-order valence-corrected chi connectivity index (χ2v) is 5.41. The summed E-state index contributed by atoms with van der Waals surface area (Å²) in [5.41, 5.74) is 1.35. The molecule has 0 aromatic heterocycles. The highest BCUT2D eigenvalue weighted by atomic mass is 16.5. The summed E-state index contributed by atoms with van der Waals surface area (Å²) in [6, 6.07) is 10.7. The lowest BCUT2D eigenvalue weighted by Crippen LogP contribution is -2.21. The Morgan fingerprint density at radius 2 is 1.65 bits per heavy atom. The summed E-state index contributed by atoms with van der Waals surface area (Å²) >= 11 is 0. The van der Waals surface area contributed by atoms with E-state index in [0.29, 0.717) is 18.1 Å². The number of hydrogen-bond donors (Lipinski definition) is 0. The van der Waals surface area contributed by atoms with Crippen molar-refractivity contribution in [3.63, 3.8) is 0 Å². The molecule has 1 unspecified atom stereocenters. The molecule has 0 aliphatic heterocycles. The highest BCUT2D eigenvalue weighted by Gasteiger charge is 2.26. The van der Waals surface area contributed by atoms with Gasteiger partial charge in [0.1, 0.15) is 0 Å². The number of hydrogen-bond acceptors (Lipinski definition) is 1. The standard InChI is InChI=1S/C16H24O/c1-13(2)17-16(14-9-5-3-6-10-14)15-11-7-4-8-12-15/h3,5-6,9-10,13,15-16H,4,7-8,11-12H2,1-2H3. The van der Waals surface area contributed by atoms with Gasteiger partial charge in [-0.05, 0) is 38.2 Å². The van der Waals surface area contributed by atoms with Gasteiger partial charge in [-0.3, -0.25) is 0 Å². The second kappa shape index (κ2) is 6.20. The maximum Gasteiger partial charge on any atom is 0.0856 e. The third kappa shape index (κ3) is 3.57. The van der Waals surface area contributed by atoms with Crippen molar-refractivity contribution >= 4 is 0 Å². The van der Waals surface area contributed by atoms with Crippen LogP contribution in [0.15, 0.2) is 30.3 Å². The van der Waals surface area contributed by atoms with Crippen LogP contribution in [-0.4, -0.2) is 6.10 Å². The summed E-state index contributed by atoms with van der Waals surface area (Å²) in [5.74, 6) is 0.716. The molecule has 1 aromatic carbocycles. The van der Waals surface area contributed by atoms with Gasteiger partial charge in [0.05, 0.1) is 12.2 Å². The predicted molar refractivity (Wildman–Crippen MR) is 72.0 cm³/mol. The Hall–Kier alpha value is -0.820. The van der Waals surface area contributed by atoms with E-state index in [0.717, 1.165) is 0 Å². The predicted octanol–water partition coefficient (Wildman–Crippen LogP) is 4.73. The van der Waals surface area contributed by atoms with Gasteiger partial charge in [0.25, 0.3) is 0 Å². The summed E-state index contributed by atoms with van der Waals surface area (Å²) in [7, 11) is 0. The first-order chi connectivity index (χ1) is 8.27. The van der Waals surface area contributed by atoms with Crippen molar-refractivity contribution in [2.45, 2.75) is 58.2 Å². The van der Waals surface area contributed by atoms with Crippen LogP contribution in [0, 0.1) is 5.92 Å². The number of rotatable bonds is 4. The van der Waals surface area contributed by atoms with Crippen molar-refractivity contribution in [2.75, 3.05) is 0 Å². The minimum Gasteiger partial charge on any atom is -0.371 e. The molecule has 0 spiro atoms. The SMILES string of the molecule is CC(C)OC(c1ccccc1)C1CCCCC1. The summed E-state index contributed by atoms with van der Waals surface area (Å²) in [5, 5.41) is 0. The van der Waals surface area contributed by atoms with Crippen LogP contribution < -0.4 is 0 Å². The van der Waals surface area contributed by atoms with E-state index >= 15 is 0 Å². The fourth-order valence-electron chi connectivity index (χ4n) is 2.83. The van der Waals surface area contributed by atoms with Gasteiger partial charge in [-0.1, -0.05) is 49.6 Å². The van der Waals surface area contributed by atoms with Gasteiger partial charge in [0, 0.05) is 0 Å². The average molecular weight is 232 g/mol. The first-order valence-electron chi connectivity index (χ1n) is 6.98. The van der Waals surface area contributed by atoms with Crippen LogP contribution in [0.5, 0.6) is 0 Å². The van der Waals surface area contributed by atoms with Gasteiger partial charge in [-0.15, -0.1) is 0 Å². The Balaban J connectivity index is 2.12. The normalized spacial score (nSPS) is 19.5. The van der Waals surface area contributed by atoms with Gasteiger partial charge in [-0.25, -0.2) is 0 Å². The van der Waals surface area contributed by atoms with Crippen LogP contribution in [-0.2, 0) is 4.74 Å². The minimum absolute atomic E-state index is 0.302. The van der Waals surface area contributed by atoms with Gasteiger partial charge in [0.2, 0.25) is 0 Å². The van der Waals surface area contributed by atoms with Crippen LogP contribution in [0.4, 0.5) is 0 Å². The molecule has 1 atom stereocenters. The molecular formula is C16H24O. The molecule has 1 aromatic rings. The first kappa shape index (κ1) is 12.6. The van der Waals surface area contributed by atoms with E-state index in [1.54, 1.807) is 0 Å². The van der Waals surface area contributed by atoms with Crippen LogP contribution in [0.25, 0.3) is 0 Å². The Labute approximate surface area is 105 Å². The number of ether oxygens (including phenoxy) is 1. The lowest BCUT2D eigenvalue weighted by molar-refractivity contribution is -0.0376. The zero-order chi connectivity index (χ0) is 12.1. The first-order valence-corrected chi connectivity index (χ1v) is 6.98. The fourth-order valence-corrected chi connectivity index (χ4v) is 2.83. The van der Waals surface area contributed by atoms with Crippen molar-refractivity contribution in [3.05, 3.63) is 35.9 Å². The average Bonchev–Trinajstić information content (AvgIpc) is 2.38. The smallest absolute Gasteiger partial charge is 0.0856 e. The molecule has 0 heterocycles. The summed E-state index contributed by atoms with van der Waals surface area (Å²) in [4.78, 5) is 0.